The van der Waals surface area contributed by atoms with Crippen LogP contribution in [0.2, 0.25) is 0 Å². The molecule has 1 N–H and O–H groups in total. The summed E-state index contributed by atoms with van der Waals surface area (Å²) < 4.78 is 0. The molecule has 2 heterocycles. The van der Waals surface area contributed by atoms with Crippen LogP contribution >= 0.6 is 0 Å². The molecule has 2 fully saturated rings. The van der Waals surface area contributed by atoms with Gasteiger partial charge in [-0.3, -0.25) is 24.2 Å². The van der Waals surface area contributed by atoms with Crippen molar-refractivity contribution in [1.29, 1.82) is 0 Å². The van der Waals surface area contributed by atoms with Crippen LogP contribution < -0.4 is 5.32 Å². The maximum absolute atomic E-state index is 13.0. The van der Waals surface area contributed by atoms with Crippen LogP contribution in [0.15, 0.2) is 42.5 Å². The zero-order valence-corrected chi connectivity index (χ0v) is 19.0. The van der Waals surface area contributed by atoms with Gasteiger partial charge in [-0.15, -0.1) is 0 Å². The molecule has 0 spiro atoms. The molecular weight excluding hydrogens is 414 g/mol. The van der Waals surface area contributed by atoms with Crippen molar-refractivity contribution in [2.75, 3.05) is 18.4 Å². The average Bonchev–Trinajstić information content (AvgIpc) is 3.11. The predicted molar refractivity (Wildman–Crippen MR) is 127 cm³/mol. The SMILES string of the molecule is O=C(Nc1ccc(CN2CCCCC2)cc1)c1ccc2c(c1)C(=O)N(C1CCCCC1)C2=O. The van der Waals surface area contributed by atoms with Crippen molar-refractivity contribution >= 4 is 23.4 Å². The third-order valence-electron chi connectivity index (χ3n) is 7.19. The second-order valence-corrected chi connectivity index (χ2v) is 9.52. The summed E-state index contributed by atoms with van der Waals surface area (Å²) in [5.41, 5.74) is 3.09. The number of amides is 3. The van der Waals surface area contributed by atoms with Crippen molar-refractivity contribution in [3.63, 3.8) is 0 Å². The molecule has 0 radical (unpaired) electrons. The first kappa shape index (κ1) is 21.8. The molecule has 1 saturated carbocycles. The monoisotopic (exact) mass is 445 g/mol. The lowest BCUT2D eigenvalue weighted by atomic mass is 9.94. The number of benzene rings is 2. The van der Waals surface area contributed by atoms with Crippen molar-refractivity contribution in [1.82, 2.24) is 9.80 Å². The summed E-state index contributed by atoms with van der Waals surface area (Å²) in [6.45, 7) is 3.24. The molecule has 3 amide bonds. The predicted octanol–water partition coefficient (Wildman–Crippen LogP) is 4.85. The zero-order valence-electron chi connectivity index (χ0n) is 19.0. The highest BCUT2D eigenvalue weighted by atomic mass is 16.2. The van der Waals surface area contributed by atoms with Gasteiger partial charge in [-0.1, -0.05) is 37.8 Å². The van der Waals surface area contributed by atoms with E-state index >= 15 is 0 Å². The summed E-state index contributed by atoms with van der Waals surface area (Å²) in [5.74, 6) is -0.769. The van der Waals surface area contributed by atoms with Crippen molar-refractivity contribution in [3.05, 3.63) is 64.7 Å². The Labute approximate surface area is 194 Å². The minimum atomic E-state index is -0.280. The largest absolute Gasteiger partial charge is 0.322 e. The Kier molecular flexibility index (Phi) is 6.27. The van der Waals surface area contributed by atoms with E-state index in [-0.39, 0.29) is 23.8 Å². The van der Waals surface area contributed by atoms with E-state index in [9.17, 15) is 14.4 Å². The summed E-state index contributed by atoms with van der Waals surface area (Å²) >= 11 is 0. The van der Waals surface area contributed by atoms with Crippen LogP contribution in [0.1, 0.15) is 88.0 Å². The van der Waals surface area contributed by atoms with Crippen molar-refractivity contribution in [2.24, 2.45) is 0 Å². The van der Waals surface area contributed by atoms with E-state index in [1.807, 2.05) is 12.1 Å². The molecule has 33 heavy (non-hydrogen) atoms. The molecule has 6 nitrogen and oxygen atoms in total. The van der Waals surface area contributed by atoms with Gasteiger partial charge in [-0.2, -0.15) is 0 Å². The van der Waals surface area contributed by atoms with Gasteiger partial charge in [0.2, 0.25) is 0 Å². The molecule has 3 aliphatic rings. The van der Waals surface area contributed by atoms with Crippen molar-refractivity contribution in [2.45, 2.75) is 64.0 Å². The quantitative estimate of drug-likeness (QED) is 0.668. The number of rotatable bonds is 5. The Balaban J connectivity index is 1.25. The molecule has 0 atom stereocenters. The standard InChI is InChI=1S/C27H31N3O3/c31-25(28-21-12-9-19(10-13-21)18-29-15-5-2-6-16-29)20-11-14-23-24(17-20)27(33)30(26(23)32)22-7-3-1-4-8-22/h9-14,17,22H,1-8,15-16,18H2,(H,28,31). The second-order valence-electron chi connectivity index (χ2n) is 9.52. The van der Waals surface area contributed by atoms with Gasteiger partial charge < -0.3 is 5.32 Å². The molecule has 0 aromatic heterocycles. The lowest BCUT2D eigenvalue weighted by Crippen LogP contribution is -2.40. The molecule has 2 aromatic carbocycles. The van der Waals surface area contributed by atoms with Gasteiger partial charge in [-0.25, -0.2) is 0 Å². The highest BCUT2D eigenvalue weighted by Gasteiger charge is 2.40. The molecule has 2 aromatic rings. The topological polar surface area (TPSA) is 69.7 Å². The normalized spacial score (nSPS) is 19.6. The Bertz CT molecular complexity index is 1050. The summed E-state index contributed by atoms with van der Waals surface area (Å²) in [6.07, 6.45) is 8.83. The van der Waals surface area contributed by atoms with Gasteiger partial charge in [0.15, 0.2) is 0 Å². The van der Waals surface area contributed by atoms with Crippen molar-refractivity contribution in [3.8, 4) is 0 Å². The average molecular weight is 446 g/mol. The maximum atomic E-state index is 13.0. The minimum Gasteiger partial charge on any atom is -0.322 e. The molecule has 1 saturated heterocycles. The number of likely N-dealkylation sites (tertiary alicyclic amines) is 1. The Morgan fingerprint density at radius 2 is 1.48 bits per heavy atom. The minimum absolute atomic E-state index is 0.0214. The molecular formula is C27H31N3O3. The lowest BCUT2D eigenvalue weighted by molar-refractivity contribution is 0.0549. The van der Waals surface area contributed by atoms with E-state index in [1.165, 1.54) is 29.7 Å². The summed E-state index contributed by atoms with van der Waals surface area (Å²) in [5, 5.41) is 2.92. The van der Waals surface area contributed by atoms with Gasteiger partial charge in [0.25, 0.3) is 17.7 Å². The number of imide groups is 1. The summed E-state index contributed by atoms with van der Waals surface area (Å²) in [4.78, 5) is 42.6. The number of carbonyl (C=O) groups is 3. The fourth-order valence-corrected chi connectivity index (χ4v) is 5.34. The van der Waals surface area contributed by atoms with Crippen LogP contribution in [0.4, 0.5) is 5.69 Å². The number of carbonyl (C=O) groups excluding carboxylic acids is 3. The molecule has 5 rings (SSSR count). The maximum Gasteiger partial charge on any atom is 0.261 e. The van der Waals surface area contributed by atoms with Gasteiger partial charge in [0, 0.05) is 23.8 Å². The van der Waals surface area contributed by atoms with Crippen LogP contribution in [0.5, 0.6) is 0 Å². The third-order valence-corrected chi connectivity index (χ3v) is 7.19. The Morgan fingerprint density at radius 3 is 2.21 bits per heavy atom. The Hall–Kier alpha value is -2.99. The molecule has 6 heteroatoms. The van der Waals surface area contributed by atoms with E-state index in [2.05, 4.69) is 22.3 Å². The van der Waals surface area contributed by atoms with Gasteiger partial charge in [0.05, 0.1) is 11.1 Å². The number of nitrogens with zero attached hydrogens (tertiary/aromatic N) is 2. The fourth-order valence-electron chi connectivity index (χ4n) is 5.34. The van der Waals surface area contributed by atoms with Crippen molar-refractivity contribution < 1.29 is 14.4 Å². The van der Waals surface area contributed by atoms with Crippen LogP contribution in [-0.4, -0.2) is 46.7 Å². The fraction of sp³-hybridized carbons (Fsp3) is 0.444. The van der Waals surface area contributed by atoms with Crippen LogP contribution in [-0.2, 0) is 6.54 Å². The number of hydrogen-bond donors (Lipinski definition) is 1. The first-order chi connectivity index (χ1) is 16.1. The zero-order chi connectivity index (χ0) is 22.8. The number of fused-ring (bicyclic) bond motifs is 1. The number of anilines is 1. The lowest BCUT2D eigenvalue weighted by Gasteiger charge is -2.29. The van der Waals surface area contributed by atoms with Gasteiger partial charge in [0.1, 0.15) is 0 Å². The highest BCUT2D eigenvalue weighted by molar-refractivity contribution is 6.22. The summed E-state index contributed by atoms with van der Waals surface area (Å²) in [7, 11) is 0. The van der Waals surface area contributed by atoms with Crippen LogP contribution in [0.3, 0.4) is 0 Å². The first-order valence-corrected chi connectivity index (χ1v) is 12.2. The molecule has 1 aliphatic carbocycles. The smallest absolute Gasteiger partial charge is 0.261 e. The Morgan fingerprint density at radius 1 is 0.818 bits per heavy atom. The molecule has 172 valence electrons. The third kappa shape index (κ3) is 4.58. The number of nitrogens with one attached hydrogen (secondary N) is 1. The first-order valence-electron chi connectivity index (χ1n) is 12.2. The van der Waals surface area contributed by atoms with E-state index in [4.69, 9.17) is 0 Å². The van der Waals surface area contributed by atoms with E-state index < -0.39 is 0 Å². The second kappa shape index (κ2) is 9.48. The van der Waals surface area contributed by atoms with Gasteiger partial charge >= 0.3 is 0 Å². The molecule has 0 unspecified atom stereocenters. The number of hydrogen-bond acceptors (Lipinski definition) is 4. The van der Waals surface area contributed by atoms with Crippen LogP contribution in [0.25, 0.3) is 0 Å². The highest BCUT2D eigenvalue weighted by Crippen LogP contribution is 2.31. The van der Waals surface area contributed by atoms with Crippen LogP contribution in [0, 0.1) is 0 Å². The summed E-state index contributed by atoms with van der Waals surface area (Å²) in [6, 6.07) is 12.7. The number of piperidine rings is 1. The van der Waals surface area contributed by atoms with E-state index in [1.54, 1.807) is 18.2 Å². The van der Waals surface area contributed by atoms with Gasteiger partial charge in [-0.05, 0) is 74.7 Å². The molecule has 0 bridgehead atoms. The van der Waals surface area contributed by atoms with E-state index in [0.29, 0.717) is 22.4 Å². The molecule has 2 aliphatic heterocycles. The van der Waals surface area contributed by atoms with E-state index in [0.717, 1.165) is 51.7 Å².